The van der Waals surface area contributed by atoms with Crippen LogP contribution in [0.3, 0.4) is 0 Å². The third kappa shape index (κ3) is 2.46. The molecule has 0 aromatic carbocycles. The predicted octanol–water partition coefficient (Wildman–Crippen LogP) is 0.550. The highest BCUT2D eigenvalue weighted by Gasteiger charge is 2.28. The summed E-state index contributed by atoms with van der Waals surface area (Å²) in [6.07, 6.45) is 1.15. The minimum absolute atomic E-state index is 0.117. The van der Waals surface area contributed by atoms with Crippen LogP contribution in [0, 0.1) is 0 Å². The van der Waals surface area contributed by atoms with Crippen LogP contribution in [0.5, 0.6) is 0 Å². The molecule has 1 fully saturated rings. The summed E-state index contributed by atoms with van der Waals surface area (Å²) in [6.45, 7) is 0.534. The molecule has 0 bridgehead atoms. The molecular weight excluding hydrogens is 326 g/mol. The van der Waals surface area contributed by atoms with Crippen LogP contribution in [-0.4, -0.2) is 37.9 Å². The maximum atomic E-state index is 12.0. The SMILES string of the molecule is O=C1CC(O)CN1Cc1cc(=O)n2ccc(Br)cc2n1. The van der Waals surface area contributed by atoms with E-state index in [0.29, 0.717) is 17.9 Å². The summed E-state index contributed by atoms with van der Waals surface area (Å²) in [5, 5.41) is 9.46. The summed E-state index contributed by atoms with van der Waals surface area (Å²) in [5.74, 6) is -0.117. The number of β-amino-alcohol motifs (C(OH)–C–C–N with tert-alkyl or cyclic N) is 1. The number of fused-ring (bicyclic) bond motifs is 1. The minimum Gasteiger partial charge on any atom is -0.391 e. The van der Waals surface area contributed by atoms with Crippen molar-refractivity contribution in [3.8, 4) is 0 Å². The number of nitrogens with zero attached hydrogens (tertiary/aromatic N) is 3. The molecule has 1 aliphatic heterocycles. The van der Waals surface area contributed by atoms with Gasteiger partial charge >= 0.3 is 0 Å². The zero-order valence-corrected chi connectivity index (χ0v) is 12.1. The van der Waals surface area contributed by atoms with Crippen molar-refractivity contribution in [2.75, 3.05) is 6.54 Å². The lowest BCUT2D eigenvalue weighted by atomic mass is 10.3. The number of aliphatic hydroxyl groups is 1. The Morgan fingerprint density at radius 2 is 2.20 bits per heavy atom. The van der Waals surface area contributed by atoms with E-state index in [2.05, 4.69) is 20.9 Å². The first-order chi connectivity index (χ1) is 9.52. The van der Waals surface area contributed by atoms with Gasteiger partial charge in [0.05, 0.1) is 24.8 Å². The Kier molecular flexibility index (Phi) is 3.31. The molecule has 1 unspecified atom stereocenters. The number of amides is 1. The van der Waals surface area contributed by atoms with Crippen LogP contribution < -0.4 is 5.56 Å². The first kappa shape index (κ1) is 13.3. The normalized spacial score (nSPS) is 19.0. The highest BCUT2D eigenvalue weighted by molar-refractivity contribution is 9.10. The van der Waals surface area contributed by atoms with E-state index in [1.807, 2.05) is 0 Å². The van der Waals surface area contributed by atoms with E-state index in [1.54, 1.807) is 18.3 Å². The Bertz CT molecular complexity index is 743. The Balaban J connectivity index is 1.96. The fourth-order valence-electron chi connectivity index (χ4n) is 2.31. The van der Waals surface area contributed by atoms with Crippen molar-refractivity contribution in [1.29, 1.82) is 0 Å². The van der Waals surface area contributed by atoms with Crippen molar-refractivity contribution in [2.45, 2.75) is 19.1 Å². The van der Waals surface area contributed by atoms with E-state index in [1.165, 1.54) is 15.4 Å². The third-order valence-electron chi connectivity index (χ3n) is 3.23. The molecule has 1 atom stereocenters. The molecule has 2 aromatic heterocycles. The van der Waals surface area contributed by atoms with Crippen LogP contribution in [0.25, 0.3) is 5.65 Å². The number of rotatable bonds is 2. The lowest BCUT2D eigenvalue weighted by Gasteiger charge is -2.15. The summed E-state index contributed by atoms with van der Waals surface area (Å²) in [7, 11) is 0. The minimum atomic E-state index is -0.627. The molecule has 0 saturated carbocycles. The number of aromatic nitrogens is 2. The van der Waals surface area contributed by atoms with Gasteiger partial charge in [-0.15, -0.1) is 0 Å². The molecule has 0 radical (unpaired) electrons. The van der Waals surface area contributed by atoms with E-state index in [4.69, 9.17) is 0 Å². The largest absolute Gasteiger partial charge is 0.391 e. The molecule has 3 rings (SSSR count). The first-order valence-electron chi connectivity index (χ1n) is 6.16. The van der Waals surface area contributed by atoms with Gasteiger partial charge in [-0.25, -0.2) is 4.98 Å². The molecule has 3 heterocycles. The molecule has 20 heavy (non-hydrogen) atoms. The van der Waals surface area contributed by atoms with Crippen LogP contribution in [0.15, 0.2) is 33.7 Å². The van der Waals surface area contributed by atoms with E-state index in [0.717, 1.165) is 4.47 Å². The zero-order chi connectivity index (χ0) is 14.3. The monoisotopic (exact) mass is 337 g/mol. The summed E-state index contributed by atoms with van der Waals surface area (Å²) < 4.78 is 2.27. The molecule has 7 heteroatoms. The quantitative estimate of drug-likeness (QED) is 0.868. The van der Waals surface area contributed by atoms with Gasteiger partial charge in [-0.05, 0) is 12.1 Å². The summed E-state index contributed by atoms with van der Waals surface area (Å²) in [4.78, 5) is 29.5. The molecule has 1 saturated heterocycles. The fraction of sp³-hybridized carbons (Fsp3) is 0.308. The molecule has 2 aromatic rings. The molecule has 1 amide bonds. The Labute approximate surface area is 122 Å². The number of likely N-dealkylation sites (tertiary alicyclic amines) is 1. The van der Waals surface area contributed by atoms with Crippen LogP contribution >= 0.6 is 15.9 Å². The fourth-order valence-corrected chi connectivity index (χ4v) is 2.63. The van der Waals surface area contributed by atoms with Crippen molar-refractivity contribution in [1.82, 2.24) is 14.3 Å². The van der Waals surface area contributed by atoms with Gasteiger partial charge in [-0.3, -0.25) is 14.0 Å². The van der Waals surface area contributed by atoms with E-state index in [-0.39, 0.29) is 24.4 Å². The second-order valence-electron chi connectivity index (χ2n) is 4.79. The van der Waals surface area contributed by atoms with Gasteiger partial charge in [0.15, 0.2) is 0 Å². The molecule has 1 N–H and O–H groups in total. The molecular formula is C13H12BrN3O3. The first-order valence-corrected chi connectivity index (χ1v) is 6.96. The number of hydrogen-bond donors (Lipinski definition) is 1. The van der Waals surface area contributed by atoms with Gasteiger partial charge in [-0.2, -0.15) is 0 Å². The lowest BCUT2D eigenvalue weighted by molar-refractivity contribution is -0.128. The second kappa shape index (κ2) is 4.99. The Morgan fingerprint density at radius 1 is 1.40 bits per heavy atom. The van der Waals surface area contributed by atoms with Gasteiger partial charge in [-0.1, -0.05) is 15.9 Å². The third-order valence-corrected chi connectivity index (χ3v) is 3.72. The lowest BCUT2D eigenvalue weighted by Crippen LogP contribution is -2.27. The van der Waals surface area contributed by atoms with Crippen molar-refractivity contribution in [3.05, 3.63) is 44.9 Å². The summed E-state index contributed by atoms with van der Waals surface area (Å²) in [6, 6.07) is 4.92. The highest BCUT2D eigenvalue weighted by Crippen LogP contribution is 2.15. The number of aliphatic hydroxyl groups excluding tert-OH is 1. The number of hydrogen-bond acceptors (Lipinski definition) is 4. The van der Waals surface area contributed by atoms with Crippen LogP contribution in [-0.2, 0) is 11.3 Å². The Morgan fingerprint density at radius 3 is 2.90 bits per heavy atom. The van der Waals surface area contributed by atoms with E-state index < -0.39 is 6.10 Å². The van der Waals surface area contributed by atoms with Crippen LogP contribution in [0.1, 0.15) is 12.1 Å². The topological polar surface area (TPSA) is 74.9 Å². The molecule has 1 aliphatic rings. The van der Waals surface area contributed by atoms with Crippen LogP contribution in [0.4, 0.5) is 0 Å². The van der Waals surface area contributed by atoms with Gasteiger partial charge in [0.1, 0.15) is 5.65 Å². The summed E-state index contributed by atoms with van der Waals surface area (Å²) >= 11 is 3.33. The molecule has 0 aliphatic carbocycles. The average molecular weight is 338 g/mol. The smallest absolute Gasteiger partial charge is 0.258 e. The molecule has 6 nitrogen and oxygen atoms in total. The van der Waals surface area contributed by atoms with Gasteiger partial charge in [0.2, 0.25) is 5.91 Å². The standard InChI is InChI=1S/C13H12BrN3O3/c14-8-1-2-17-11(3-8)15-9(4-13(17)20)6-16-7-10(18)5-12(16)19/h1-4,10,18H,5-7H2. The second-order valence-corrected chi connectivity index (χ2v) is 5.71. The van der Waals surface area contributed by atoms with E-state index in [9.17, 15) is 14.7 Å². The summed E-state index contributed by atoms with van der Waals surface area (Å²) in [5.41, 5.74) is 0.856. The zero-order valence-electron chi connectivity index (χ0n) is 10.5. The van der Waals surface area contributed by atoms with Crippen molar-refractivity contribution < 1.29 is 9.90 Å². The van der Waals surface area contributed by atoms with Gasteiger partial charge in [0, 0.05) is 23.3 Å². The maximum Gasteiger partial charge on any atom is 0.258 e. The average Bonchev–Trinajstić information content (AvgIpc) is 2.67. The molecule has 104 valence electrons. The maximum absolute atomic E-state index is 12.0. The number of pyridine rings is 1. The Hall–Kier alpha value is -1.73. The predicted molar refractivity (Wildman–Crippen MR) is 75.2 cm³/mol. The van der Waals surface area contributed by atoms with Crippen LogP contribution in [0.2, 0.25) is 0 Å². The molecule has 0 spiro atoms. The number of carbonyl (C=O) groups excluding carboxylic acids is 1. The van der Waals surface area contributed by atoms with Gasteiger partial charge < -0.3 is 10.0 Å². The number of halogens is 1. The van der Waals surface area contributed by atoms with E-state index >= 15 is 0 Å². The van der Waals surface area contributed by atoms with Crippen molar-refractivity contribution >= 4 is 27.5 Å². The van der Waals surface area contributed by atoms with Crippen molar-refractivity contribution in [2.24, 2.45) is 0 Å². The van der Waals surface area contributed by atoms with Gasteiger partial charge in [0.25, 0.3) is 5.56 Å². The number of carbonyl (C=O) groups is 1. The highest BCUT2D eigenvalue weighted by atomic mass is 79.9. The van der Waals surface area contributed by atoms with Crippen molar-refractivity contribution in [3.63, 3.8) is 0 Å².